The fraction of sp³-hybridized carbons (Fsp3) is 0.161. The van der Waals surface area contributed by atoms with Crippen molar-refractivity contribution in [2.24, 2.45) is 0 Å². The molecule has 0 aliphatic carbocycles. The third-order valence-corrected chi connectivity index (χ3v) is 6.29. The molecule has 0 amide bonds. The summed E-state index contributed by atoms with van der Waals surface area (Å²) >= 11 is 0. The van der Waals surface area contributed by atoms with Crippen LogP contribution in [-0.4, -0.2) is 47.4 Å². The van der Waals surface area contributed by atoms with Crippen LogP contribution in [0.25, 0.3) is 0 Å². The number of benzene rings is 3. The topological polar surface area (TPSA) is 110 Å². The largest absolute Gasteiger partial charge is 0.459 e. The van der Waals surface area contributed by atoms with Crippen LogP contribution in [0.15, 0.2) is 120 Å². The van der Waals surface area contributed by atoms with Gasteiger partial charge in [-0.2, -0.15) is 0 Å². The van der Waals surface area contributed by atoms with E-state index >= 15 is 0 Å². The number of nitrogens with zero attached hydrogens (tertiary/aromatic N) is 1. The van der Waals surface area contributed by atoms with Gasteiger partial charge in [0.05, 0.1) is 16.7 Å². The van der Waals surface area contributed by atoms with Gasteiger partial charge in [0, 0.05) is 24.5 Å². The predicted octanol–water partition coefficient (Wildman–Crippen LogP) is 4.05. The van der Waals surface area contributed by atoms with Gasteiger partial charge in [-0.1, -0.05) is 54.6 Å². The number of ether oxygens (including phenoxy) is 4. The van der Waals surface area contributed by atoms with Crippen LogP contribution in [0.3, 0.4) is 0 Å². The summed E-state index contributed by atoms with van der Waals surface area (Å²) in [5, 5.41) is 0. The molecule has 1 fully saturated rings. The molecule has 4 atom stereocenters. The highest BCUT2D eigenvalue weighted by atomic mass is 16.7. The molecule has 2 heterocycles. The van der Waals surface area contributed by atoms with Gasteiger partial charge in [0.1, 0.15) is 12.7 Å². The van der Waals surface area contributed by atoms with E-state index in [0.29, 0.717) is 5.56 Å². The molecular formula is C31H25NO8. The average molecular weight is 540 g/mol. The fourth-order valence-corrected chi connectivity index (χ4v) is 4.29. The van der Waals surface area contributed by atoms with Gasteiger partial charge in [0.2, 0.25) is 0 Å². The van der Waals surface area contributed by atoms with Crippen LogP contribution in [0.1, 0.15) is 37.3 Å². The molecule has 5 rings (SSSR count). The van der Waals surface area contributed by atoms with E-state index in [9.17, 15) is 19.2 Å². The van der Waals surface area contributed by atoms with Crippen molar-refractivity contribution in [1.82, 2.24) is 4.57 Å². The SMILES string of the molecule is O=C(OC[C@H]1O[C@@H](n2ccc(=O)cc2)[C@H](OC(=O)c2ccccc2)[C@@H]1OC(=O)c1ccccc1)c1ccccc1. The van der Waals surface area contributed by atoms with E-state index in [4.69, 9.17) is 18.9 Å². The molecular weight excluding hydrogens is 514 g/mol. The third-order valence-electron chi connectivity index (χ3n) is 6.29. The second-order valence-corrected chi connectivity index (χ2v) is 8.98. The summed E-state index contributed by atoms with van der Waals surface area (Å²) < 4.78 is 25.0. The molecule has 0 saturated carbocycles. The molecule has 0 bridgehead atoms. The van der Waals surface area contributed by atoms with Crippen molar-refractivity contribution in [2.45, 2.75) is 24.5 Å². The van der Waals surface area contributed by atoms with E-state index in [0.717, 1.165) is 0 Å². The van der Waals surface area contributed by atoms with Gasteiger partial charge < -0.3 is 23.5 Å². The Morgan fingerprint density at radius 1 is 0.625 bits per heavy atom. The number of pyridine rings is 1. The van der Waals surface area contributed by atoms with Crippen molar-refractivity contribution in [3.63, 3.8) is 0 Å². The second-order valence-electron chi connectivity index (χ2n) is 8.98. The normalized spacial score (nSPS) is 19.9. The van der Waals surface area contributed by atoms with E-state index in [2.05, 4.69) is 0 Å². The van der Waals surface area contributed by atoms with Crippen LogP contribution in [0.5, 0.6) is 0 Å². The monoisotopic (exact) mass is 539 g/mol. The lowest BCUT2D eigenvalue weighted by Gasteiger charge is -2.25. The van der Waals surface area contributed by atoms with Crippen molar-refractivity contribution in [3.05, 3.63) is 142 Å². The highest BCUT2D eigenvalue weighted by Crippen LogP contribution is 2.35. The summed E-state index contributed by atoms with van der Waals surface area (Å²) in [6.07, 6.45) is -1.35. The lowest BCUT2D eigenvalue weighted by molar-refractivity contribution is -0.0622. The minimum absolute atomic E-state index is 0.229. The number of carbonyl (C=O) groups is 3. The Hall–Kier alpha value is -5.02. The summed E-state index contributed by atoms with van der Waals surface area (Å²) in [6.45, 7) is -0.295. The lowest BCUT2D eigenvalue weighted by atomic mass is 10.1. The van der Waals surface area contributed by atoms with E-state index < -0.39 is 42.4 Å². The van der Waals surface area contributed by atoms with Crippen LogP contribution in [-0.2, 0) is 18.9 Å². The molecule has 4 aromatic rings. The third kappa shape index (κ3) is 6.16. The standard InChI is InChI=1S/C31H25NO8/c33-24-16-18-32(19-17-24)28-27(40-31(36)23-14-8-3-9-15-23)26(39-30(35)22-12-6-2-7-13-22)25(38-28)20-37-29(34)21-10-4-1-5-11-21/h1-19,25-28H,20H2/t25-,26-,27-,28-/m1/s1. The van der Waals surface area contributed by atoms with Crippen LogP contribution in [0.2, 0.25) is 0 Å². The van der Waals surface area contributed by atoms with Gasteiger partial charge in [-0.15, -0.1) is 0 Å². The fourth-order valence-electron chi connectivity index (χ4n) is 4.29. The molecule has 3 aromatic carbocycles. The van der Waals surface area contributed by atoms with Gasteiger partial charge in [-0.3, -0.25) is 4.79 Å². The molecule has 1 aromatic heterocycles. The summed E-state index contributed by atoms with van der Waals surface area (Å²) in [5.41, 5.74) is 0.672. The Morgan fingerprint density at radius 2 is 1.07 bits per heavy atom. The van der Waals surface area contributed by atoms with Gasteiger partial charge in [-0.25, -0.2) is 14.4 Å². The quantitative estimate of drug-likeness (QED) is 0.244. The zero-order valence-electron chi connectivity index (χ0n) is 21.2. The highest BCUT2D eigenvalue weighted by Gasteiger charge is 2.51. The predicted molar refractivity (Wildman–Crippen MR) is 143 cm³/mol. The Kier molecular flexibility index (Phi) is 8.13. The summed E-state index contributed by atoms with van der Waals surface area (Å²) in [4.78, 5) is 50.7. The number of aromatic nitrogens is 1. The number of carbonyl (C=O) groups excluding carboxylic acids is 3. The van der Waals surface area contributed by atoms with Crippen LogP contribution in [0.4, 0.5) is 0 Å². The van der Waals surface area contributed by atoms with E-state index in [1.165, 1.54) is 29.1 Å². The number of hydrogen-bond acceptors (Lipinski definition) is 8. The Labute approximate surface area is 229 Å². The number of rotatable bonds is 8. The Balaban J connectivity index is 1.46. The number of esters is 3. The highest BCUT2D eigenvalue weighted by molar-refractivity contribution is 5.91. The second kappa shape index (κ2) is 12.2. The molecule has 1 aliphatic heterocycles. The van der Waals surface area contributed by atoms with Crippen LogP contribution < -0.4 is 5.43 Å². The molecule has 40 heavy (non-hydrogen) atoms. The first-order chi connectivity index (χ1) is 19.5. The van der Waals surface area contributed by atoms with Gasteiger partial charge in [-0.05, 0) is 36.4 Å². The first-order valence-electron chi connectivity index (χ1n) is 12.6. The van der Waals surface area contributed by atoms with Crippen molar-refractivity contribution >= 4 is 17.9 Å². The zero-order valence-corrected chi connectivity index (χ0v) is 21.2. The van der Waals surface area contributed by atoms with Gasteiger partial charge >= 0.3 is 17.9 Å². The average Bonchev–Trinajstić information content (AvgIpc) is 3.33. The van der Waals surface area contributed by atoms with E-state index in [-0.39, 0.29) is 23.2 Å². The molecule has 1 saturated heterocycles. The molecule has 202 valence electrons. The number of hydrogen-bond donors (Lipinski definition) is 0. The van der Waals surface area contributed by atoms with Crippen molar-refractivity contribution < 1.29 is 33.3 Å². The van der Waals surface area contributed by atoms with E-state index in [1.54, 1.807) is 91.0 Å². The minimum Gasteiger partial charge on any atom is -0.459 e. The van der Waals surface area contributed by atoms with E-state index in [1.807, 2.05) is 0 Å². The maximum absolute atomic E-state index is 13.1. The molecule has 0 radical (unpaired) electrons. The molecule has 9 heteroatoms. The zero-order chi connectivity index (χ0) is 27.9. The smallest absolute Gasteiger partial charge is 0.338 e. The Bertz CT molecular complexity index is 1500. The molecule has 0 spiro atoms. The van der Waals surface area contributed by atoms with Crippen molar-refractivity contribution in [2.75, 3.05) is 6.61 Å². The van der Waals surface area contributed by atoms with Crippen LogP contribution in [0, 0.1) is 0 Å². The van der Waals surface area contributed by atoms with Crippen molar-refractivity contribution in [1.29, 1.82) is 0 Å². The van der Waals surface area contributed by atoms with Gasteiger partial charge in [0.25, 0.3) is 0 Å². The maximum Gasteiger partial charge on any atom is 0.338 e. The lowest BCUT2D eigenvalue weighted by Crippen LogP contribution is -2.41. The summed E-state index contributed by atoms with van der Waals surface area (Å²) in [6, 6.07) is 27.7. The molecule has 9 nitrogen and oxygen atoms in total. The van der Waals surface area contributed by atoms with Crippen molar-refractivity contribution in [3.8, 4) is 0 Å². The maximum atomic E-state index is 13.1. The first-order valence-corrected chi connectivity index (χ1v) is 12.6. The minimum atomic E-state index is -1.16. The first kappa shape index (κ1) is 26.6. The summed E-state index contributed by atoms with van der Waals surface area (Å²) in [7, 11) is 0. The molecule has 0 unspecified atom stereocenters. The summed E-state index contributed by atoms with van der Waals surface area (Å²) in [5.74, 6) is -1.93. The Morgan fingerprint density at radius 3 is 1.57 bits per heavy atom. The van der Waals surface area contributed by atoms with Crippen LogP contribution >= 0.6 is 0 Å². The molecule has 1 aliphatic rings. The van der Waals surface area contributed by atoms with Gasteiger partial charge in [0.15, 0.2) is 23.9 Å². The molecule has 0 N–H and O–H groups in total.